The van der Waals surface area contributed by atoms with Gasteiger partial charge in [-0.2, -0.15) is 0 Å². The minimum Gasteiger partial charge on any atom is -0.496 e. The van der Waals surface area contributed by atoms with E-state index in [-0.39, 0.29) is 16.4 Å². The molecule has 0 aliphatic carbocycles. The van der Waals surface area contributed by atoms with Crippen molar-refractivity contribution in [1.29, 1.82) is 0 Å². The molecule has 1 aliphatic heterocycles. The van der Waals surface area contributed by atoms with Gasteiger partial charge in [0.25, 0.3) is 5.91 Å². The standard InChI is InChI=1S/C17H27N3O4S/c1-3-4-9-20-10-5-6-13(20)12-19-17(21)15-11-14(25(18,22)23)7-8-16(15)24-2/h7-8,11,13H,3-6,9-10,12H2,1-2H3,(H,19,21)(H2,18,22,23)/t13-/m0/s1. The number of rotatable bonds is 8. The fourth-order valence-electron chi connectivity index (χ4n) is 3.13. The zero-order valence-corrected chi connectivity index (χ0v) is 15.6. The van der Waals surface area contributed by atoms with Gasteiger partial charge >= 0.3 is 0 Å². The lowest BCUT2D eigenvalue weighted by molar-refractivity contribution is 0.0937. The van der Waals surface area contributed by atoms with E-state index in [2.05, 4.69) is 17.1 Å². The largest absolute Gasteiger partial charge is 0.496 e. The second-order valence-electron chi connectivity index (χ2n) is 6.30. The Labute approximate surface area is 149 Å². The SMILES string of the molecule is CCCCN1CCC[C@H]1CNC(=O)c1cc(S(N)(=O)=O)ccc1OC. The molecule has 0 aromatic heterocycles. The quantitative estimate of drug-likeness (QED) is 0.720. The lowest BCUT2D eigenvalue weighted by atomic mass is 10.1. The van der Waals surface area contributed by atoms with Gasteiger partial charge in [-0.05, 0) is 50.6 Å². The molecule has 140 valence electrons. The number of hydrogen-bond donors (Lipinski definition) is 2. The number of nitrogens with one attached hydrogen (secondary N) is 1. The Bertz CT molecular complexity index is 706. The summed E-state index contributed by atoms with van der Waals surface area (Å²) in [5.74, 6) is -0.0381. The summed E-state index contributed by atoms with van der Waals surface area (Å²) in [7, 11) is -2.44. The summed E-state index contributed by atoms with van der Waals surface area (Å²) >= 11 is 0. The molecule has 1 amide bonds. The number of sulfonamides is 1. The van der Waals surface area contributed by atoms with Crippen LogP contribution in [0.3, 0.4) is 0 Å². The number of nitrogens with zero attached hydrogens (tertiary/aromatic N) is 1. The third-order valence-corrected chi connectivity index (χ3v) is 5.45. The summed E-state index contributed by atoms with van der Waals surface area (Å²) in [5.41, 5.74) is 0.173. The summed E-state index contributed by atoms with van der Waals surface area (Å²) in [6, 6.07) is 4.35. The maximum Gasteiger partial charge on any atom is 0.255 e. The van der Waals surface area contributed by atoms with Crippen molar-refractivity contribution in [2.75, 3.05) is 26.7 Å². The van der Waals surface area contributed by atoms with E-state index in [1.807, 2.05) is 0 Å². The van der Waals surface area contributed by atoms with E-state index in [9.17, 15) is 13.2 Å². The molecular weight excluding hydrogens is 342 g/mol. The Kier molecular flexibility index (Phi) is 6.80. The summed E-state index contributed by atoms with van der Waals surface area (Å²) in [4.78, 5) is 14.8. The highest BCUT2D eigenvalue weighted by molar-refractivity contribution is 7.89. The molecule has 1 aromatic carbocycles. The van der Waals surface area contributed by atoms with E-state index in [4.69, 9.17) is 9.88 Å². The zero-order chi connectivity index (χ0) is 18.4. The van der Waals surface area contributed by atoms with Crippen LogP contribution >= 0.6 is 0 Å². The minimum atomic E-state index is -3.88. The van der Waals surface area contributed by atoms with Crippen LogP contribution in [0.4, 0.5) is 0 Å². The molecule has 0 bridgehead atoms. The number of benzene rings is 1. The molecule has 25 heavy (non-hydrogen) atoms. The number of primary sulfonamides is 1. The molecule has 1 aliphatic rings. The molecule has 1 heterocycles. The third kappa shape index (κ3) is 5.17. The monoisotopic (exact) mass is 369 g/mol. The Hall–Kier alpha value is -1.64. The number of unbranched alkanes of at least 4 members (excludes halogenated alkanes) is 1. The lowest BCUT2D eigenvalue weighted by Gasteiger charge is -2.24. The van der Waals surface area contributed by atoms with Crippen LogP contribution in [0, 0.1) is 0 Å². The molecular formula is C17H27N3O4S. The van der Waals surface area contributed by atoms with Crippen molar-refractivity contribution in [2.45, 2.75) is 43.5 Å². The predicted octanol–water partition coefficient (Wildman–Crippen LogP) is 1.34. The summed E-state index contributed by atoms with van der Waals surface area (Å²) in [6.45, 7) is 4.80. The number of likely N-dealkylation sites (tertiary alicyclic amines) is 1. The molecule has 7 nitrogen and oxygen atoms in total. The summed E-state index contributed by atoms with van der Waals surface area (Å²) < 4.78 is 28.2. The number of nitrogens with two attached hydrogens (primary N) is 1. The normalized spacial score (nSPS) is 18.3. The van der Waals surface area contributed by atoms with Crippen LogP contribution in [0.25, 0.3) is 0 Å². The van der Waals surface area contributed by atoms with Crippen molar-refractivity contribution in [3.8, 4) is 5.75 Å². The lowest BCUT2D eigenvalue weighted by Crippen LogP contribution is -2.40. The van der Waals surface area contributed by atoms with E-state index in [0.717, 1.165) is 38.8 Å². The van der Waals surface area contributed by atoms with Gasteiger partial charge in [-0.25, -0.2) is 13.6 Å². The van der Waals surface area contributed by atoms with Crippen LogP contribution in [0.5, 0.6) is 5.75 Å². The van der Waals surface area contributed by atoms with Crippen molar-refractivity contribution in [2.24, 2.45) is 5.14 Å². The van der Waals surface area contributed by atoms with Gasteiger partial charge in [-0.3, -0.25) is 9.69 Å². The van der Waals surface area contributed by atoms with Gasteiger partial charge in [0.1, 0.15) is 5.75 Å². The first-order chi connectivity index (χ1) is 11.9. The first-order valence-electron chi connectivity index (χ1n) is 8.60. The van der Waals surface area contributed by atoms with Crippen LogP contribution in [-0.2, 0) is 10.0 Å². The van der Waals surface area contributed by atoms with Crippen molar-refractivity contribution in [3.05, 3.63) is 23.8 Å². The average Bonchev–Trinajstić information content (AvgIpc) is 3.03. The maximum atomic E-state index is 12.5. The zero-order valence-electron chi connectivity index (χ0n) is 14.8. The fourth-order valence-corrected chi connectivity index (χ4v) is 3.67. The van der Waals surface area contributed by atoms with E-state index >= 15 is 0 Å². The Morgan fingerprint density at radius 3 is 2.84 bits per heavy atom. The molecule has 0 spiro atoms. The van der Waals surface area contributed by atoms with Crippen LogP contribution in [-0.4, -0.2) is 52.0 Å². The predicted molar refractivity (Wildman–Crippen MR) is 96.2 cm³/mol. The van der Waals surface area contributed by atoms with Crippen molar-refractivity contribution < 1.29 is 17.9 Å². The smallest absolute Gasteiger partial charge is 0.255 e. The van der Waals surface area contributed by atoms with Crippen molar-refractivity contribution >= 4 is 15.9 Å². The molecule has 3 N–H and O–H groups in total. The van der Waals surface area contributed by atoms with Crippen LogP contribution in [0.1, 0.15) is 43.0 Å². The number of ether oxygens (including phenoxy) is 1. The molecule has 0 radical (unpaired) electrons. The molecule has 0 saturated carbocycles. The number of carbonyl (C=O) groups is 1. The topological polar surface area (TPSA) is 102 Å². The van der Waals surface area contributed by atoms with Crippen molar-refractivity contribution in [1.82, 2.24) is 10.2 Å². The van der Waals surface area contributed by atoms with Crippen LogP contribution < -0.4 is 15.2 Å². The Balaban J connectivity index is 2.07. The van der Waals surface area contributed by atoms with E-state index in [0.29, 0.717) is 18.3 Å². The molecule has 8 heteroatoms. The summed E-state index contributed by atoms with van der Waals surface area (Å²) in [6.07, 6.45) is 4.48. The molecule has 1 atom stereocenters. The first kappa shape index (κ1) is 19.7. The molecule has 2 rings (SSSR count). The van der Waals surface area contributed by atoms with Crippen LogP contribution in [0.2, 0.25) is 0 Å². The van der Waals surface area contributed by atoms with Gasteiger partial charge < -0.3 is 10.1 Å². The number of amides is 1. The second kappa shape index (κ2) is 8.64. The second-order valence-corrected chi connectivity index (χ2v) is 7.86. The Morgan fingerprint density at radius 2 is 2.20 bits per heavy atom. The van der Waals surface area contributed by atoms with Gasteiger partial charge in [0.05, 0.1) is 17.6 Å². The fraction of sp³-hybridized carbons (Fsp3) is 0.588. The van der Waals surface area contributed by atoms with Gasteiger partial charge in [0, 0.05) is 12.6 Å². The maximum absolute atomic E-state index is 12.5. The highest BCUT2D eigenvalue weighted by Gasteiger charge is 2.25. The minimum absolute atomic E-state index is 0.108. The highest BCUT2D eigenvalue weighted by atomic mass is 32.2. The van der Waals surface area contributed by atoms with E-state index < -0.39 is 10.0 Å². The van der Waals surface area contributed by atoms with Crippen LogP contribution in [0.15, 0.2) is 23.1 Å². The van der Waals surface area contributed by atoms with Crippen molar-refractivity contribution in [3.63, 3.8) is 0 Å². The number of carbonyl (C=O) groups excluding carboxylic acids is 1. The average molecular weight is 369 g/mol. The number of methoxy groups -OCH3 is 1. The van der Waals surface area contributed by atoms with Gasteiger partial charge in [0.15, 0.2) is 0 Å². The third-order valence-electron chi connectivity index (χ3n) is 4.54. The molecule has 1 fully saturated rings. The van der Waals surface area contributed by atoms with Gasteiger partial charge in [0.2, 0.25) is 10.0 Å². The Morgan fingerprint density at radius 1 is 1.44 bits per heavy atom. The number of hydrogen-bond acceptors (Lipinski definition) is 5. The molecule has 1 aromatic rings. The molecule has 1 saturated heterocycles. The van der Waals surface area contributed by atoms with E-state index in [1.165, 1.54) is 25.3 Å². The summed E-state index contributed by atoms with van der Waals surface area (Å²) in [5, 5.41) is 8.05. The molecule has 0 unspecified atom stereocenters. The van der Waals surface area contributed by atoms with Gasteiger partial charge in [-0.15, -0.1) is 0 Å². The highest BCUT2D eigenvalue weighted by Crippen LogP contribution is 2.22. The first-order valence-corrected chi connectivity index (χ1v) is 10.1. The van der Waals surface area contributed by atoms with E-state index in [1.54, 1.807) is 0 Å². The van der Waals surface area contributed by atoms with Gasteiger partial charge in [-0.1, -0.05) is 13.3 Å².